The summed E-state index contributed by atoms with van der Waals surface area (Å²) in [5.74, 6) is 0. The topological polar surface area (TPSA) is 6.48 Å². The Kier molecular flexibility index (Phi) is 2.88. The van der Waals surface area contributed by atoms with Gasteiger partial charge < -0.3 is 9.80 Å². The minimum Gasteiger partial charge on any atom is -0.345 e. The summed E-state index contributed by atoms with van der Waals surface area (Å²) in [6, 6.07) is 8.75. The van der Waals surface area contributed by atoms with Crippen LogP contribution in [0.15, 0.2) is 24.3 Å². The van der Waals surface area contributed by atoms with E-state index in [0.29, 0.717) is 6.17 Å². The van der Waals surface area contributed by atoms with E-state index in [1.165, 1.54) is 11.4 Å². The van der Waals surface area contributed by atoms with Gasteiger partial charge in [0.05, 0.1) is 17.5 Å². The highest BCUT2D eigenvalue weighted by Crippen LogP contribution is 2.46. The minimum atomic E-state index is 0.134. The SMILES string of the molecule is CC1N(C(C)(C)C)c2ccccc2N1C(C)(C)C. The molecule has 0 aromatic heterocycles. The van der Waals surface area contributed by atoms with Gasteiger partial charge in [-0.25, -0.2) is 0 Å². The summed E-state index contributed by atoms with van der Waals surface area (Å²) in [6.45, 7) is 16.0. The summed E-state index contributed by atoms with van der Waals surface area (Å²) >= 11 is 0. The van der Waals surface area contributed by atoms with Crippen LogP contribution in [0.4, 0.5) is 11.4 Å². The first-order valence-electron chi connectivity index (χ1n) is 6.82. The predicted molar refractivity (Wildman–Crippen MR) is 80.4 cm³/mol. The Morgan fingerprint density at radius 1 is 0.778 bits per heavy atom. The van der Waals surface area contributed by atoms with Crippen molar-refractivity contribution < 1.29 is 0 Å². The molecule has 0 aliphatic carbocycles. The average molecular weight is 246 g/mol. The Morgan fingerprint density at radius 3 is 1.39 bits per heavy atom. The van der Waals surface area contributed by atoms with Crippen molar-refractivity contribution in [1.82, 2.24) is 0 Å². The molecule has 0 amide bonds. The van der Waals surface area contributed by atoms with Crippen LogP contribution in [0.5, 0.6) is 0 Å². The molecule has 0 spiro atoms. The summed E-state index contributed by atoms with van der Waals surface area (Å²) in [5.41, 5.74) is 2.98. The van der Waals surface area contributed by atoms with Gasteiger partial charge >= 0.3 is 0 Å². The zero-order chi connectivity index (χ0) is 13.7. The first-order chi connectivity index (χ1) is 8.14. The van der Waals surface area contributed by atoms with Crippen LogP contribution in [-0.2, 0) is 0 Å². The summed E-state index contributed by atoms with van der Waals surface area (Å²) in [7, 11) is 0. The third-order valence-electron chi connectivity index (χ3n) is 3.59. The monoisotopic (exact) mass is 246 g/mol. The molecule has 0 bridgehead atoms. The Balaban J connectivity index is 2.57. The van der Waals surface area contributed by atoms with E-state index >= 15 is 0 Å². The third kappa shape index (κ3) is 1.98. The van der Waals surface area contributed by atoms with E-state index in [4.69, 9.17) is 0 Å². The molecular formula is C16H26N2. The third-order valence-corrected chi connectivity index (χ3v) is 3.59. The molecule has 1 aliphatic heterocycles. The summed E-state index contributed by atoms with van der Waals surface area (Å²) in [4.78, 5) is 5.04. The highest BCUT2D eigenvalue weighted by atomic mass is 15.5. The van der Waals surface area contributed by atoms with Crippen LogP contribution >= 0.6 is 0 Å². The largest absolute Gasteiger partial charge is 0.345 e. The van der Waals surface area contributed by atoms with Crippen molar-refractivity contribution in [3.05, 3.63) is 24.3 Å². The molecular weight excluding hydrogens is 220 g/mol. The van der Waals surface area contributed by atoms with Crippen molar-refractivity contribution in [3.63, 3.8) is 0 Å². The predicted octanol–water partition coefficient (Wildman–Crippen LogP) is 4.26. The maximum Gasteiger partial charge on any atom is 0.0998 e. The molecule has 1 heterocycles. The maximum atomic E-state index is 2.52. The van der Waals surface area contributed by atoms with Crippen LogP contribution in [0, 0.1) is 0 Å². The fourth-order valence-corrected chi connectivity index (χ4v) is 3.23. The highest BCUT2D eigenvalue weighted by Gasteiger charge is 2.42. The van der Waals surface area contributed by atoms with E-state index in [9.17, 15) is 0 Å². The van der Waals surface area contributed by atoms with Gasteiger partial charge in [0.2, 0.25) is 0 Å². The molecule has 0 saturated carbocycles. The fourth-order valence-electron chi connectivity index (χ4n) is 3.23. The van der Waals surface area contributed by atoms with E-state index in [2.05, 4.69) is 82.5 Å². The second-order valence-corrected chi connectivity index (χ2v) is 7.20. The molecule has 0 N–H and O–H groups in total. The average Bonchev–Trinajstić information content (AvgIpc) is 2.47. The normalized spacial score (nSPS) is 17.3. The van der Waals surface area contributed by atoms with E-state index in [1.807, 2.05) is 0 Å². The standard InChI is InChI=1S/C16H26N2/c1-12-17(15(2,3)4)13-10-8-9-11-14(13)18(12)16(5,6)7/h8-12H,1-7H3. The smallest absolute Gasteiger partial charge is 0.0998 e. The molecule has 0 unspecified atom stereocenters. The second kappa shape index (κ2) is 3.91. The number of nitrogens with zero attached hydrogens (tertiary/aromatic N) is 2. The molecule has 1 aliphatic rings. The van der Waals surface area contributed by atoms with E-state index in [0.717, 1.165) is 0 Å². The van der Waals surface area contributed by atoms with Gasteiger partial charge in [-0.1, -0.05) is 12.1 Å². The molecule has 2 heteroatoms. The first-order valence-corrected chi connectivity index (χ1v) is 6.82. The maximum absolute atomic E-state index is 2.52. The lowest BCUT2D eigenvalue weighted by atomic mass is 10.0. The lowest BCUT2D eigenvalue weighted by Crippen LogP contribution is -2.55. The van der Waals surface area contributed by atoms with Gasteiger partial charge in [0.15, 0.2) is 0 Å². The van der Waals surface area contributed by atoms with Gasteiger partial charge in [0.1, 0.15) is 0 Å². The Labute approximate surface area is 112 Å². The second-order valence-electron chi connectivity index (χ2n) is 7.20. The Morgan fingerprint density at radius 2 is 1.11 bits per heavy atom. The molecule has 0 fully saturated rings. The molecule has 1 aromatic carbocycles. The molecule has 100 valence electrons. The lowest BCUT2D eigenvalue weighted by Gasteiger charge is -2.44. The highest BCUT2D eigenvalue weighted by molar-refractivity contribution is 5.79. The van der Waals surface area contributed by atoms with Crippen molar-refractivity contribution in [2.45, 2.75) is 65.7 Å². The van der Waals surface area contributed by atoms with Gasteiger partial charge in [0.25, 0.3) is 0 Å². The fraction of sp³-hybridized carbons (Fsp3) is 0.625. The lowest BCUT2D eigenvalue weighted by molar-refractivity contribution is 0.402. The molecule has 2 rings (SSSR count). The summed E-state index contributed by atoms with van der Waals surface area (Å²) in [6.07, 6.45) is 0.391. The van der Waals surface area contributed by atoms with Crippen LogP contribution in [0.25, 0.3) is 0 Å². The minimum absolute atomic E-state index is 0.134. The van der Waals surface area contributed by atoms with E-state index in [1.54, 1.807) is 0 Å². The number of hydrogen-bond donors (Lipinski definition) is 0. The number of benzene rings is 1. The Bertz CT molecular complexity index is 396. The van der Waals surface area contributed by atoms with Crippen molar-refractivity contribution in [3.8, 4) is 0 Å². The van der Waals surface area contributed by atoms with E-state index in [-0.39, 0.29) is 11.1 Å². The van der Waals surface area contributed by atoms with Crippen LogP contribution in [-0.4, -0.2) is 17.2 Å². The van der Waals surface area contributed by atoms with Gasteiger partial charge in [-0.15, -0.1) is 0 Å². The van der Waals surface area contributed by atoms with Crippen molar-refractivity contribution in [1.29, 1.82) is 0 Å². The summed E-state index contributed by atoms with van der Waals surface area (Å²) in [5, 5.41) is 0. The summed E-state index contributed by atoms with van der Waals surface area (Å²) < 4.78 is 0. The van der Waals surface area contributed by atoms with E-state index < -0.39 is 0 Å². The molecule has 0 radical (unpaired) electrons. The van der Waals surface area contributed by atoms with Crippen molar-refractivity contribution in [2.24, 2.45) is 0 Å². The van der Waals surface area contributed by atoms with Gasteiger partial charge in [-0.2, -0.15) is 0 Å². The van der Waals surface area contributed by atoms with Crippen molar-refractivity contribution in [2.75, 3.05) is 9.80 Å². The zero-order valence-corrected chi connectivity index (χ0v) is 12.8. The van der Waals surface area contributed by atoms with Gasteiger partial charge in [-0.3, -0.25) is 0 Å². The molecule has 2 nitrogen and oxygen atoms in total. The van der Waals surface area contributed by atoms with Crippen LogP contribution in [0.1, 0.15) is 48.5 Å². The molecule has 0 saturated heterocycles. The van der Waals surface area contributed by atoms with Gasteiger partial charge in [0, 0.05) is 11.1 Å². The molecule has 0 atom stereocenters. The number of hydrogen-bond acceptors (Lipinski definition) is 2. The van der Waals surface area contributed by atoms with Gasteiger partial charge in [-0.05, 0) is 60.6 Å². The van der Waals surface area contributed by atoms with Crippen molar-refractivity contribution >= 4 is 11.4 Å². The molecule has 18 heavy (non-hydrogen) atoms. The Hall–Kier alpha value is -1.18. The first kappa shape index (κ1) is 13.3. The zero-order valence-electron chi connectivity index (χ0n) is 12.8. The number of rotatable bonds is 0. The quantitative estimate of drug-likeness (QED) is 0.675. The number of anilines is 2. The number of fused-ring (bicyclic) bond motifs is 1. The van der Waals surface area contributed by atoms with Crippen LogP contribution in [0.2, 0.25) is 0 Å². The number of para-hydroxylation sites is 2. The van der Waals surface area contributed by atoms with Crippen LogP contribution < -0.4 is 9.80 Å². The van der Waals surface area contributed by atoms with Crippen LogP contribution in [0.3, 0.4) is 0 Å². The molecule has 1 aromatic rings.